The molecule has 1 aliphatic rings. The predicted octanol–water partition coefficient (Wildman–Crippen LogP) is 4.56. The van der Waals surface area contributed by atoms with E-state index in [9.17, 15) is 24.2 Å². The Morgan fingerprint density at radius 1 is 1.05 bits per heavy atom. The largest absolute Gasteiger partial charge is 0.480 e. The van der Waals surface area contributed by atoms with Crippen molar-refractivity contribution in [1.82, 2.24) is 4.90 Å². The molecule has 1 saturated heterocycles. The van der Waals surface area contributed by atoms with Crippen LogP contribution in [0.15, 0.2) is 65.6 Å². The van der Waals surface area contributed by atoms with Crippen molar-refractivity contribution in [3.05, 3.63) is 66.2 Å². The number of hydrogen-bond donors (Lipinski definition) is 3. The van der Waals surface area contributed by atoms with Gasteiger partial charge in [-0.15, -0.1) is 11.8 Å². The number of likely N-dealkylation sites (tertiary alicyclic amines) is 1. The molecule has 0 aliphatic carbocycles. The first-order valence-corrected chi connectivity index (χ1v) is 15.4. The van der Waals surface area contributed by atoms with Crippen molar-refractivity contribution in [3.8, 4) is 0 Å². The highest BCUT2D eigenvalue weighted by atomic mass is 32.2. The average molecular weight is 549 g/mol. The van der Waals surface area contributed by atoms with E-state index in [0.29, 0.717) is 32.2 Å². The number of rotatable bonds is 15. The predicted molar refractivity (Wildman–Crippen MR) is 146 cm³/mol. The van der Waals surface area contributed by atoms with Crippen LogP contribution in [-0.2, 0) is 25.1 Å². The second-order valence-electron chi connectivity index (χ2n) is 9.32. The standard InChI is InChI=1S/C27H37N2O6PS/c28-17-9-7-16-25(35-36(33,34)18-10-8-13-21-11-3-1-4-12-21)26(30)29-20-23(19-24(29)27(31)32)37-22-14-5-2-6-15-22/h1-6,11-12,14-15,23-25H,7-10,13,16-20,28H2,(H,31,32)(H,33,34)/t23-,24-,25-/m0/s1. The number of unbranched alkanes of at least 4 members (excludes halogenated alkanes) is 2. The van der Waals surface area contributed by atoms with Crippen LogP contribution in [0.3, 0.4) is 0 Å². The van der Waals surface area contributed by atoms with Gasteiger partial charge in [-0.1, -0.05) is 48.5 Å². The van der Waals surface area contributed by atoms with E-state index in [0.717, 1.165) is 23.3 Å². The van der Waals surface area contributed by atoms with Crippen LogP contribution >= 0.6 is 19.4 Å². The second kappa shape index (κ2) is 14.7. The lowest BCUT2D eigenvalue weighted by Gasteiger charge is -2.28. The molecule has 1 amide bonds. The van der Waals surface area contributed by atoms with E-state index >= 15 is 0 Å². The van der Waals surface area contributed by atoms with Crippen LogP contribution in [-0.4, -0.2) is 63.4 Å². The van der Waals surface area contributed by atoms with Crippen molar-refractivity contribution in [2.75, 3.05) is 19.3 Å². The Hall–Kier alpha value is -2.16. The number of aryl methyl sites for hydroxylation is 1. The van der Waals surface area contributed by atoms with Crippen molar-refractivity contribution < 1.29 is 28.7 Å². The van der Waals surface area contributed by atoms with Gasteiger partial charge in [-0.25, -0.2) is 4.79 Å². The Morgan fingerprint density at radius 2 is 1.73 bits per heavy atom. The first-order chi connectivity index (χ1) is 17.8. The van der Waals surface area contributed by atoms with E-state index in [-0.39, 0.29) is 24.4 Å². The lowest BCUT2D eigenvalue weighted by atomic mass is 10.1. The van der Waals surface area contributed by atoms with E-state index in [4.69, 9.17) is 10.3 Å². The third-order valence-corrected chi connectivity index (χ3v) is 9.05. The fourth-order valence-corrected chi connectivity index (χ4v) is 7.00. The highest BCUT2D eigenvalue weighted by Gasteiger charge is 2.43. The van der Waals surface area contributed by atoms with Gasteiger partial charge < -0.3 is 20.6 Å². The van der Waals surface area contributed by atoms with Crippen LogP contribution < -0.4 is 5.73 Å². The van der Waals surface area contributed by atoms with Crippen molar-refractivity contribution >= 4 is 31.2 Å². The molecule has 8 nitrogen and oxygen atoms in total. The first-order valence-electron chi connectivity index (χ1n) is 12.8. The Kier molecular flexibility index (Phi) is 11.7. The summed E-state index contributed by atoms with van der Waals surface area (Å²) in [5.41, 5.74) is 6.76. The van der Waals surface area contributed by atoms with Gasteiger partial charge in [0.05, 0.1) is 6.16 Å². The summed E-state index contributed by atoms with van der Waals surface area (Å²) in [5.74, 6) is -1.63. The highest BCUT2D eigenvalue weighted by Crippen LogP contribution is 2.45. The Bertz CT molecular complexity index is 1040. The zero-order valence-electron chi connectivity index (χ0n) is 21.0. The maximum Gasteiger partial charge on any atom is 0.328 e. The summed E-state index contributed by atoms with van der Waals surface area (Å²) in [7, 11) is -4.06. The van der Waals surface area contributed by atoms with Crippen LogP contribution in [0.5, 0.6) is 0 Å². The number of carbonyl (C=O) groups is 2. The molecule has 0 bridgehead atoms. The van der Waals surface area contributed by atoms with Gasteiger partial charge in [0.25, 0.3) is 5.91 Å². The van der Waals surface area contributed by atoms with Crippen molar-refractivity contribution in [2.24, 2.45) is 5.73 Å². The number of benzene rings is 2. The topological polar surface area (TPSA) is 130 Å². The van der Waals surface area contributed by atoms with Crippen LogP contribution in [0.4, 0.5) is 0 Å². The molecule has 1 unspecified atom stereocenters. The number of aliphatic carboxylic acids is 1. The molecule has 0 aromatic heterocycles. The molecule has 0 saturated carbocycles. The van der Waals surface area contributed by atoms with Crippen molar-refractivity contribution in [3.63, 3.8) is 0 Å². The number of thioether (sulfide) groups is 1. The van der Waals surface area contributed by atoms with Gasteiger partial charge in [0.2, 0.25) is 0 Å². The van der Waals surface area contributed by atoms with Crippen LogP contribution in [0.25, 0.3) is 0 Å². The zero-order valence-corrected chi connectivity index (χ0v) is 22.7. The summed E-state index contributed by atoms with van der Waals surface area (Å²) < 4.78 is 18.5. The molecule has 202 valence electrons. The van der Waals surface area contributed by atoms with E-state index < -0.39 is 31.6 Å². The fourth-order valence-electron chi connectivity index (χ4n) is 4.47. The smallest absolute Gasteiger partial charge is 0.328 e. The average Bonchev–Trinajstić information content (AvgIpc) is 3.31. The summed E-state index contributed by atoms with van der Waals surface area (Å²) in [6, 6.07) is 18.5. The molecular weight excluding hydrogens is 511 g/mol. The maximum absolute atomic E-state index is 13.5. The van der Waals surface area contributed by atoms with Gasteiger partial charge in [-0.2, -0.15) is 0 Å². The Labute approximate surface area is 223 Å². The minimum absolute atomic E-state index is 0.0602. The first kappa shape index (κ1) is 29.4. The summed E-state index contributed by atoms with van der Waals surface area (Å²) >= 11 is 1.53. The molecule has 37 heavy (non-hydrogen) atoms. The second-order valence-corrected chi connectivity index (χ2v) is 12.6. The van der Waals surface area contributed by atoms with E-state index in [2.05, 4.69) is 0 Å². The van der Waals surface area contributed by atoms with Gasteiger partial charge in [0, 0.05) is 16.7 Å². The normalized spacial score (nSPS) is 19.9. The maximum atomic E-state index is 13.5. The molecule has 1 heterocycles. The van der Waals surface area contributed by atoms with Gasteiger partial charge in [0.1, 0.15) is 12.1 Å². The van der Waals surface area contributed by atoms with Crippen molar-refractivity contribution in [1.29, 1.82) is 0 Å². The number of hydrogen-bond acceptors (Lipinski definition) is 6. The Morgan fingerprint density at radius 3 is 2.38 bits per heavy atom. The lowest BCUT2D eigenvalue weighted by Crippen LogP contribution is -2.46. The third kappa shape index (κ3) is 9.58. The van der Waals surface area contributed by atoms with Gasteiger partial charge in [0.15, 0.2) is 0 Å². The minimum atomic E-state index is -4.06. The van der Waals surface area contributed by atoms with Gasteiger partial charge >= 0.3 is 13.6 Å². The SMILES string of the molecule is NCCCC[C@H](OP(=O)(O)CCCCc1ccccc1)C(=O)N1C[C@@H](Sc2ccccc2)C[C@H]1C(=O)O. The molecule has 4 N–H and O–H groups in total. The van der Waals surface area contributed by atoms with E-state index in [1.54, 1.807) is 0 Å². The fraction of sp³-hybridized carbons (Fsp3) is 0.481. The number of carboxylic acid groups (broad SMARTS) is 1. The molecular formula is C27H37N2O6PS. The summed E-state index contributed by atoms with van der Waals surface area (Å²) in [5, 5.41) is 9.72. The number of amides is 1. The van der Waals surface area contributed by atoms with Crippen LogP contribution in [0.1, 0.15) is 44.1 Å². The monoisotopic (exact) mass is 548 g/mol. The molecule has 2 aromatic carbocycles. The summed E-state index contributed by atoms with van der Waals surface area (Å²) in [6.07, 6.45) is 2.42. The molecule has 0 spiro atoms. The number of carboxylic acids is 1. The molecule has 0 radical (unpaired) electrons. The summed E-state index contributed by atoms with van der Waals surface area (Å²) in [4.78, 5) is 38.4. The van der Waals surface area contributed by atoms with Crippen molar-refractivity contribution in [2.45, 2.75) is 67.2 Å². The quantitative estimate of drug-likeness (QED) is 0.218. The summed E-state index contributed by atoms with van der Waals surface area (Å²) in [6.45, 7) is 0.660. The molecule has 2 aromatic rings. The molecule has 4 atom stereocenters. The van der Waals surface area contributed by atoms with Crippen LogP contribution in [0.2, 0.25) is 0 Å². The highest BCUT2D eigenvalue weighted by molar-refractivity contribution is 8.00. The third-order valence-electron chi connectivity index (χ3n) is 6.36. The molecule has 3 rings (SSSR count). The van der Waals surface area contributed by atoms with Crippen LogP contribution in [0, 0.1) is 0 Å². The Balaban J connectivity index is 1.63. The van der Waals surface area contributed by atoms with E-state index in [1.807, 2.05) is 60.7 Å². The molecule has 10 heteroatoms. The van der Waals surface area contributed by atoms with Gasteiger partial charge in [-0.05, 0) is 69.2 Å². The minimum Gasteiger partial charge on any atom is -0.480 e. The number of carbonyl (C=O) groups excluding carboxylic acids is 1. The lowest BCUT2D eigenvalue weighted by molar-refractivity contribution is -0.151. The van der Waals surface area contributed by atoms with E-state index in [1.165, 1.54) is 16.7 Å². The number of nitrogens with two attached hydrogens (primary N) is 1. The molecule has 1 aliphatic heterocycles. The molecule has 1 fully saturated rings. The zero-order chi connectivity index (χ0) is 26.7. The van der Waals surface area contributed by atoms with Gasteiger partial charge in [-0.3, -0.25) is 13.9 Å². The number of nitrogens with zero attached hydrogens (tertiary/aromatic N) is 1.